The summed E-state index contributed by atoms with van der Waals surface area (Å²) in [6, 6.07) is 29.5. The fraction of sp³-hybridized carbons (Fsp3) is 0.308. The number of rotatable bonds is 9. The monoisotopic (exact) mass is 372 g/mol. The maximum Gasteiger partial charge on any atom is 0.108 e. The first kappa shape index (κ1) is 18.9. The summed E-state index contributed by atoms with van der Waals surface area (Å²) in [4.78, 5) is 0. The predicted molar refractivity (Wildman–Crippen MR) is 114 cm³/mol. The lowest BCUT2D eigenvalue weighted by Gasteiger charge is -2.25. The standard InChI is InChI=1S/C26H28O2/c1-20(27-18-21-8-4-2-5-9-21)26(28-19-22-12-13-22)25-16-14-24(15-17-25)23-10-6-3-7-11-23/h2-11,14-17,20,22,26H,12-13,18-19H2,1H3/t20?,26-/m0/s1. The van der Waals surface area contributed by atoms with Gasteiger partial charge in [0.15, 0.2) is 0 Å². The van der Waals surface area contributed by atoms with Crippen molar-refractivity contribution in [3.05, 3.63) is 96.1 Å². The highest BCUT2D eigenvalue weighted by Gasteiger charge is 2.27. The molecule has 28 heavy (non-hydrogen) atoms. The summed E-state index contributed by atoms with van der Waals surface area (Å²) in [5.41, 5.74) is 4.83. The minimum absolute atomic E-state index is 0.0125. The Balaban J connectivity index is 1.46. The van der Waals surface area contributed by atoms with Crippen molar-refractivity contribution in [2.75, 3.05) is 6.61 Å². The van der Waals surface area contributed by atoms with Crippen molar-refractivity contribution in [1.29, 1.82) is 0 Å². The second kappa shape index (κ2) is 9.18. The van der Waals surface area contributed by atoms with Gasteiger partial charge in [-0.15, -0.1) is 0 Å². The molecule has 1 saturated carbocycles. The van der Waals surface area contributed by atoms with Crippen LogP contribution in [-0.4, -0.2) is 12.7 Å². The Hall–Kier alpha value is -2.42. The van der Waals surface area contributed by atoms with Crippen LogP contribution in [0.3, 0.4) is 0 Å². The van der Waals surface area contributed by atoms with Crippen LogP contribution in [0, 0.1) is 5.92 Å². The molecule has 2 nitrogen and oxygen atoms in total. The van der Waals surface area contributed by atoms with Crippen molar-refractivity contribution in [2.24, 2.45) is 5.92 Å². The van der Waals surface area contributed by atoms with Gasteiger partial charge in [0.25, 0.3) is 0 Å². The smallest absolute Gasteiger partial charge is 0.108 e. The fourth-order valence-electron chi connectivity index (χ4n) is 3.41. The summed E-state index contributed by atoms with van der Waals surface area (Å²) >= 11 is 0. The Labute approximate surface area is 168 Å². The van der Waals surface area contributed by atoms with Crippen molar-refractivity contribution in [2.45, 2.75) is 38.6 Å². The lowest BCUT2D eigenvalue weighted by molar-refractivity contribution is -0.0760. The number of ether oxygens (including phenoxy) is 2. The van der Waals surface area contributed by atoms with Gasteiger partial charge in [-0.05, 0) is 47.9 Å². The molecule has 2 atom stereocenters. The van der Waals surface area contributed by atoms with Crippen LogP contribution in [-0.2, 0) is 16.1 Å². The fourth-order valence-corrected chi connectivity index (χ4v) is 3.41. The number of benzene rings is 3. The summed E-state index contributed by atoms with van der Waals surface area (Å²) in [7, 11) is 0. The van der Waals surface area contributed by atoms with E-state index in [9.17, 15) is 0 Å². The molecule has 0 aliphatic heterocycles. The lowest BCUT2D eigenvalue weighted by atomic mass is 10.00. The maximum atomic E-state index is 6.32. The summed E-state index contributed by atoms with van der Waals surface area (Å²) in [5, 5.41) is 0. The van der Waals surface area contributed by atoms with E-state index in [-0.39, 0.29) is 12.2 Å². The van der Waals surface area contributed by atoms with Crippen LogP contribution in [0.1, 0.15) is 37.0 Å². The minimum Gasteiger partial charge on any atom is -0.371 e. The molecule has 1 fully saturated rings. The topological polar surface area (TPSA) is 18.5 Å². The van der Waals surface area contributed by atoms with Crippen LogP contribution < -0.4 is 0 Å². The first-order valence-corrected chi connectivity index (χ1v) is 10.2. The zero-order chi connectivity index (χ0) is 19.2. The molecule has 4 rings (SSSR count). The van der Waals surface area contributed by atoms with E-state index >= 15 is 0 Å². The molecule has 0 bridgehead atoms. The third kappa shape index (κ3) is 5.09. The third-order valence-electron chi connectivity index (χ3n) is 5.34. The van der Waals surface area contributed by atoms with Crippen LogP contribution in [0.4, 0.5) is 0 Å². The summed E-state index contributed by atoms with van der Waals surface area (Å²) in [6.45, 7) is 3.54. The van der Waals surface area contributed by atoms with E-state index < -0.39 is 0 Å². The molecule has 0 saturated heterocycles. The van der Waals surface area contributed by atoms with Crippen LogP contribution >= 0.6 is 0 Å². The Morgan fingerprint density at radius 3 is 2.00 bits per heavy atom. The van der Waals surface area contributed by atoms with Crippen molar-refractivity contribution in [3.8, 4) is 11.1 Å². The average Bonchev–Trinajstić information content (AvgIpc) is 3.59. The zero-order valence-electron chi connectivity index (χ0n) is 16.5. The molecule has 3 aromatic carbocycles. The van der Waals surface area contributed by atoms with Crippen LogP contribution in [0.5, 0.6) is 0 Å². The first-order valence-electron chi connectivity index (χ1n) is 10.2. The van der Waals surface area contributed by atoms with Gasteiger partial charge in [0.2, 0.25) is 0 Å². The molecule has 0 heterocycles. The Morgan fingerprint density at radius 1 is 0.750 bits per heavy atom. The highest BCUT2D eigenvalue weighted by molar-refractivity contribution is 5.63. The van der Waals surface area contributed by atoms with Crippen molar-refractivity contribution in [1.82, 2.24) is 0 Å². The highest BCUT2D eigenvalue weighted by atomic mass is 16.5. The van der Waals surface area contributed by atoms with Gasteiger partial charge in [0, 0.05) is 0 Å². The lowest BCUT2D eigenvalue weighted by Crippen LogP contribution is -2.22. The predicted octanol–water partition coefficient (Wildman–Crippen LogP) is 6.43. The summed E-state index contributed by atoms with van der Waals surface area (Å²) < 4.78 is 12.5. The molecular formula is C26H28O2. The van der Waals surface area contributed by atoms with Crippen LogP contribution in [0.25, 0.3) is 11.1 Å². The van der Waals surface area contributed by atoms with E-state index in [1.807, 2.05) is 24.3 Å². The van der Waals surface area contributed by atoms with Gasteiger partial charge in [-0.3, -0.25) is 0 Å². The number of hydrogen-bond acceptors (Lipinski definition) is 2. The largest absolute Gasteiger partial charge is 0.371 e. The Kier molecular flexibility index (Phi) is 6.20. The molecule has 0 aromatic heterocycles. The molecule has 0 radical (unpaired) electrons. The van der Waals surface area contributed by atoms with E-state index in [0.29, 0.717) is 6.61 Å². The average molecular weight is 373 g/mol. The van der Waals surface area contributed by atoms with Gasteiger partial charge >= 0.3 is 0 Å². The Bertz CT molecular complexity index is 839. The van der Waals surface area contributed by atoms with Gasteiger partial charge in [-0.25, -0.2) is 0 Å². The highest BCUT2D eigenvalue weighted by Crippen LogP contribution is 2.33. The number of hydrogen-bond donors (Lipinski definition) is 0. The molecule has 1 aliphatic rings. The first-order chi connectivity index (χ1) is 13.8. The third-order valence-corrected chi connectivity index (χ3v) is 5.34. The summed E-state index contributed by atoms with van der Waals surface area (Å²) in [5.74, 6) is 0.729. The molecule has 0 N–H and O–H groups in total. The van der Waals surface area contributed by atoms with Crippen molar-refractivity contribution >= 4 is 0 Å². The summed E-state index contributed by atoms with van der Waals surface area (Å²) in [6.07, 6.45) is 2.52. The second-order valence-electron chi connectivity index (χ2n) is 7.69. The minimum atomic E-state index is -0.0471. The molecule has 1 aliphatic carbocycles. The van der Waals surface area contributed by atoms with Crippen molar-refractivity contribution < 1.29 is 9.47 Å². The van der Waals surface area contributed by atoms with E-state index in [2.05, 4.69) is 67.6 Å². The molecule has 144 valence electrons. The molecule has 3 aromatic rings. The molecule has 1 unspecified atom stereocenters. The van der Waals surface area contributed by atoms with E-state index in [1.165, 1.54) is 35.1 Å². The van der Waals surface area contributed by atoms with Crippen LogP contribution in [0.2, 0.25) is 0 Å². The normalized spacial score (nSPS) is 15.9. The zero-order valence-corrected chi connectivity index (χ0v) is 16.5. The van der Waals surface area contributed by atoms with Crippen molar-refractivity contribution in [3.63, 3.8) is 0 Å². The quantitative estimate of drug-likeness (QED) is 0.431. The van der Waals surface area contributed by atoms with Gasteiger partial charge in [0.1, 0.15) is 6.10 Å². The molecule has 0 spiro atoms. The van der Waals surface area contributed by atoms with Crippen LogP contribution in [0.15, 0.2) is 84.9 Å². The second-order valence-corrected chi connectivity index (χ2v) is 7.69. The molecular weight excluding hydrogens is 344 g/mol. The van der Waals surface area contributed by atoms with Gasteiger partial charge < -0.3 is 9.47 Å². The van der Waals surface area contributed by atoms with E-state index in [0.717, 1.165) is 12.5 Å². The van der Waals surface area contributed by atoms with E-state index in [4.69, 9.17) is 9.47 Å². The molecule has 0 amide bonds. The van der Waals surface area contributed by atoms with E-state index in [1.54, 1.807) is 0 Å². The molecule has 2 heteroatoms. The van der Waals surface area contributed by atoms with Gasteiger partial charge in [-0.1, -0.05) is 84.9 Å². The SMILES string of the molecule is CC(OCc1ccccc1)[C@H](OCC1CC1)c1ccc(-c2ccccc2)cc1. The van der Waals surface area contributed by atoms with Gasteiger partial charge in [-0.2, -0.15) is 0 Å². The van der Waals surface area contributed by atoms with Gasteiger partial charge in [0.05, 0.1) is 19.3 Å². The Morgan fingerprint density at radius 2 is 1.36 bits per heavy atom. The maximum absolute atomic E-state index is 6.32.